The number of nitrogens with zero attached hydrogens (tertiary/aromatic N) is 4. The number of aliphatic hydroxyl groups is 1. The molecule has 1 saturated heterocycles. The Balaban J connectivity index is 1.07. The molecule has 2 aliphatic rings. The van der Waals surface area contributed by atoms with Crippen LogP contribution < -0.4 is 10.6 Å². The predicted molar refractivity (Wildman–Crippen MR) is 120 cm³/mol. The molecule has 0 unspecified atom stereocenters. The number of fused-ring (bicyclic) bond motifs is 1. The molecule has 0 spiro atoms. The lowest BCUT2D eigenvalue weighted by Crippen LogP contribution is -2.63. The Morgan fingerprint density at radius 3 is 2.81 bits per heavy atom. The molecular formula is C23H30N6O3. The van der Waals surface area contributed by atoms with Crippen molar-refractivity contribution in [3.8, 4) is 0 Å². The Labute approximate surface area is 186 Å². The van der Waals surface area contributed by atoms with Crippen molar-refractivity contribution < 1.29 is 14.3 Å². The molecule has 5 rings (SSSR count). The van der Waals surface area contributed by atoms with E-state index in [-0.39, 0.29) is 18.5 Å². The molecule has 1 aromatic carbocycles. The third kappa shape index (κ3) is 3.98. The SMILES string of the molecule is Cc1ccc2c(c1)c(NCC(=O)NC1CN([C@H]3CC[C@@](O)(c4ncco4)CC3)C1)nn2C. The summed E-state index contributed by atoms with van der Waals surface area (Å²) in [5.74, 6) is 1.13. The Kier molecular flexibility index (Phi) is 5.38. The maximum atomic E-state index is 12.5. The van der Waals surface area contributed by atoms with Crippen LogP contribution in [0.4, 0.5) is 5.82 Å². The van der Waals surface area contributed by atoms with E-state index in [4.69, 9.17) is 4.42 Å². The number of aryl methyl sites for hydroxylation is 2. The predicted octanol–water partition coefficient (Wildman–Crippen LogP) is 1.91. The third-order valence-corrected chi connectivity index (χ3v) is 6.83. The number of oxazole rings is 1. The van der Waals surface area contributed by atoms with Gasteiger partial charge < -0.3 is 20.2 Å². The van der Waals surface area contributed by atoms with Crippen molar-refractivity contribution in [2.45, 2.75) is 50.3 Å². The number of rotatable bonds is 6. The summed E-state index contributed by atoms with van der Waals surface area (Å²) in [5, 5.41) is 22.6. The van der Waals surface area contributed by atoms with Crippen LogP contribution in [0.5, 0.6) is 0 Å². The minimum atomic E-state index is -0.946. The topological polar surface area (TPSA) is 108 Å². The molecule has 9 heteroatoms. The lowest BCUT2D eigenvalue weighted by molar-refractivity contribution is -0.121. The van der Waals surface area contributed by atoms with E-state index in [0.29, 0.717) is 24.8 Å². The average Bonchev–Trinajstić information content (AvgIpc) is 3.39. The van der Waals surface area contributed by atoms with Gasteiger partial charge in [0.05, 0.1) is 24.3 Å². The molecule has 0 radical (unpaired) electrons. The molecule has 3 N–H and O–H groups in total. The molecule has 170 valence electrons. The number of anilines is 1. The smallest absolute Gasteiger partial charge is 0.239 e. The van der Waals surface area contributed by atoms with Crippen LogP contribution in [0.25, 0.3) is 10.9 Å². The number of carbonyl (C=O) groups excluding carboxylic acids is 1. The maximum Gasteiger partial charge on any atom is 0.239 e. The first kappa shape index (κ1) is 21.0. The van der Waals surface area contributed by atoms with Gasteiger partial charge >= 0.3 is 0 Å². The standard InChI is InChI=1S/C23H30N6O3/c1-15-3-4-19-18(11-15)21(27-28(19)2)25-12-20(30)26-16-13-29(14-16)17-5-7-23(31,8-6-17)22-24-9-10-32-22/h3-4,9-11,16-17,31H,5-8,12-14H2,1-2H3,(H,25,27)(H,26,30)/t17-,23-. The Hall–Kier alpha value is -2.91. The summed E-state index contributed by atoms with van der Waals surface area (Å²) in [6, 6.07) is 6.78. The molecule has 32 heavy (non-hydrogen) atoms. The van der Waals surface area contributed by atoms with Crippen molar-refractivity contribution in [1.29, 1.82) is 0 Å². The van der Waals surface area contributed by atoms with Gasteiger partial charge in [-0.25, -0.2) is 4.98 Å². The average molecular weight is 439 g/mol. The van der Waals surface area contributed by atoms with Crippen LogP contribution in [0, 0.1) is 6.92 Å². The molecule has 2 aromatic heterocycles. The normalized spacial score (nSPS) is 24.4. The number of amides is 1. The van der Waals surface area contributed by atoms with Gasteiger partial charge in [-0.05, 0) is 44.7 Å². The van der Waals surface area contributed by atoms with Gasteiger partial charge in [-0.3, -0.25) is 14.4 Å². The zero-order chi connectivity index (χ0) is 22.3. The molecule has 2 fully saturated rings. The number of hydrogen-bond acceptors (Lipinski definition) is 7. The number of aromatic nitrogens is 3. The summed E-state index contributed by atoms with van der Waals surface area (Å²) in [7, 11) is 1.91. The first-order valence-electron chi connectivity index (χ1n) is 11.2. The van der Waals surface area contributed by atoms with E-state index in [1.54, 1.807) is 6.20 Å². The summed E-state index contributed by atoms with van der Waals surface area (Å²) in [4.78, 5) is 19.0. The Morgan fingerprint density at radius 1 is 1.31 bits per heavy atom. The van der Waals surface area contributed by atoms with Gasteiger partial charge in [0.2, 0.25) is 11.8 Å². The van der Waals surface area contributed by atoms with E-state index in [1.165, 1.54) is 6.26 Å². The van der Waals surface area contributed by atoms with E-state index in [9.17, 15) is 9.90 Å². The molecular weight excluding hydrogens is 408 g/mol. The fourth-order valence-corrected chi connectivity index (χ4v) is 4.97. The summed E-state index contributed by atoms with van der Waals surface area (Å²) in [5.41, 5.74) is 1.25. The molecule has 0 atom stereocenters. The van der Waals surface area contributed by atoms with Gasteiger partial charge in [0.1, 0.15) is 11.9 Å². The monoisotopic (exact) mass is 438 g/mol. The van der Waals surface area contributed by atoms with Crippen molar-refractivity contribution in [2.24, 2.45) is 7.05 Å². The molecule has 1 aliphatic carbocycles. The minimum absolute atomic E-state index is 0.0250. The number of benzene rings is 1. The van der Waals surface area contributed by atoms with Crippen LogP contribution in [0.1, 0.15) is 37.1 Å². The Bertz CT molecular complexity index is 1090. The van der Waals surface area contributed by atoms with Crippen LogP contribution in [0.2, 0.25) is 0 Å². The first-order valence-corrected chi connectivity index (χ1v) is 11.2. The lowest BCUT2D eigenvalue weighted by atomic mass is 9.80. The quantitative estimate of drug-likeness (QED) is 0.539. The highest BCUT2D eigenvalue weighted by molar-refractivity contribution is 5.92. The van der Waals surface area contributed by atoms with Crippen molar-refractivity contribution in [3.05, 3.63) is 42.1 Å². The van der Waals surface area contributed by atoms with Gasteiger partial charge in [0, 0.05) is 31.6 Å². The number of hydrogen-bond donors (Lipinski definition) is 3. The number of likely N-dealkylation sites (tertiary alicyclic amines) is 1. The van der Waals surface area contributed by atoms with Crippen molar-refractivity contribution in [2.75, 3.05) is 25.0 Å². The van der Waals surface area contributed by atoms with Gasteiger partial charge in [-0.1, -0.05) is 11.6 Å². The molecule has 1 aliphatic heterocycles. The minimum Gasteiger partial charge on any atom is -0.446 e. The summed E-state index contributed by atoms with van der Waals surface area (Å²) in [6.07, 6.45) is 6.17. The first-order chi connectivity index (χ1) is 15.4. The maximum absolute atomic E-state index is 12.5. The van der Waals surface area contributed by atoms with E-state index < -0.39 is 5.60 Å². The van der Waals surface area contributed by atoms with Crippen LogP contribution in [-0.4, -0.2) is 62.4 Å². The van der Waals surface area contributed by atoms with Crippen molar-refractivity contribution in [1.82, 2.24) is 25.0 Å². The number of carbonyl (C=O) groups is 1. The van der Waals surface area contributed by atoms with Crippen LogP contribution in [-0.2, 0) is 17.4 Å². The fourth-order valence-electron chi connectivity index (χ4n) is 4.97. The van der Waals surface area contributed by atoms with Gasteiger partial charge in [-0.15, -0.1) is 0 Å². The van der Waals surface area contributed by atoms with E-state index in [0.717, 1.165) is 48.2 Å². The van der Waals surface area contributed by atoms with Crippen molar-refractivity contribution in [3.63, 3.8) is 0 Å². The van der Waals surface area contributed by atoms with E-state index >= 15 is 0 Å². The summed E-state index contributed by atoms with van der Waals surface area (Å²) < 4.78 is 7.15. The van der Waals surface area contributed by atoms with E-state index in [1.807, 2.05) is 24.7 Å². The summed E-state index contributed by atoms with van der Waals surface area (Å²) >= 11 is 0. The molecule has 9 nitrogen and oxygen atoms in total. The van der Waals surface area contributed by atoms with Crippen molar-refractivity contribution >= 4 is 22.6 Å². The second-order valence-electron chi connectivity index (χ2n) is 9.16. The van der Waals surface area contributed by atoms with Crippen LogP contribution in [0.15, 0.2) is 35.1 Å². The molecule has 1 amide bonds. The van der Waals surface area contributed by atoms with Gasteiger partial charge in [-0.2, -0.15) is 5.10 Å². The van der Waals surface area contributed by atoms with Crippen LogP contribution in [0.3, 0.4) is 0 Å². The number of nitrogens with one attached hydrogen (secondary N) is 2. The van der Waals surface area contributed by atoms with E-state index in [2.05, 4.69) is 37.7 Å². The molecule has 0 bridgehead atoms. The highest BCUT2D eigenvalue weighted by Crippen LogP contribution is 2.38. The molecule has 3 heterocycles. The Morgan fingerprint density at radius 2 is 2.09 bits per heavy atom. The zero-order valence-corrected chi connectivity index (χ0v) is 18.5. The highest BCUT2D eigenvalue weighted by Gasteiger charge is 2.42. The highest BCUT2D eigenvalue weighted by atomic mass is 16.4. The third-order valence-electron chi connectivity index (χ3n) is 6.83. The lowest BCUT2D eigenvalue weighted by Gasteiger charge is -2.47. The second kappa shape index (κ2) is 8.22. The second-order valence-corrected chi connectivity index (χ2v) is 9.16. The van der Waals surface area contributed by atoms with Gasteiger partial charge in [0.15, 0.2) is 5.82 Å². The molecule has 1 saturated carbocycles. The van der Waals surface area contributed by atoms with Gasteiger partial charge in [0.25, 0.3) is 0 Å². The zero-order valence-electron chi connectivity index (χ0n) is 18.5. The largest absolute Gasteiger partial charge is 0.446 e. The fraction of sp³-hybridized carbons (Fsp3) is 0.522. The summed E-state index contributed by atoms with van der Waals surface area (Å²) in [6.45, 7) is 3.94. The molecule has 3 aromatic rings. The van der Waals surface area contributed by atoms with Crippen LogP contribution >= 0.6 is 0 Å².